The number of hydrogen-bond donors (Lipinski definition) is 1. The first-order chi connectivity index (χ1) is 13.2. The van der Waals surface area contributed by atoms with E-state index >= 15 is 0 Å². The Bertz CT molecular complexity index is 1050. The van der Waals surface area contributed by atoms with Crippen molar-refractivity contribution in [3.8, 4) is 0 Å². The van der Waals surface area contributed by atoms with Gasteiger partial charge >= 0.3 is 0 Å². The molecule has 3 rings (SSSR count). The minimum Gasteiger partial charge on any atom is -0.325 e. The lowest BCUT2D eigenvalue weighted by atomic mass is 10.0. The summed E-state index contributed by atoms with van der Waals surface area (Å²) in [5.41, 5.74) is 0.417. The van der Waals surface area contributed by atoms with Gasteiger partial charge in [0.1, 0.15) is 6.04 Å². The number of piperidine rings is 1. The van der Waals surface area contributed by atoms with E-state index in [0.29, 0.717) is 18.5 Å². The van der Waals surface area contributed by atoms with Crippen LogP contribution in [-0.2, 0) is 24.7 Å². The highest BCUT2D eigenvalue weighted by molar-refractivity contribution is 7.90. The van der Waals surface area contributed by atoms with Crippen LogP contribution in [0.4, 0.5) is 5.69 Å². The predicted octanol–water partition coefficient (Wildman–Crippen LogP) is 2.27. The molecule has 1 amide bonds. The van der Waals surface area contributed by atoms with Crippen molar-refractivity contribution in [2.75, 3.05) is 18.1 Å². The van der Waals surface area contributed by atoms with Crippen molar-refractivity contribution in [1.82, 2.24) is 4.31 Å². The van der Waals surface area contributed by atoms with Crippen LogP contribution >= 0.6 is 0 Å². The number of sulfone groups is 1. The fourth-order valence-electron chi connectivity index (χ4n) is 3.19. The van der Waals surface area contributed by atoms with Gasteiger partial charge in [0, 0.05) is 18.5 Å². The van der Waals surface area contributed by atoms with Crippen LogP contribution in [0.2, 0.25) is 0 Å². The molecule has 28 heavy (non-hydrogen) atoms. The lowest BCUT2D eigenvalue weighted by Gasteiger charge is -2.33. The number of carbonyl (C=O) groups excluding carboxylic acids is 1. The number of benzene rings is 2. The molecule has 1 fully saturated rings. The Kier molecular flexibility index (Phi) is 5.87. The van der Waals surface area contributed by atoms with Gasteiger partial charge in [-0.15, -0.1) is 0 Å². The van der Waals surface area contributed by atoms with Gasteiger partial charge in [0.05, 0.1) is 9.79 Å². The molecule has 0 aliphatic carbocycles. The van der Waals surface area contributed by atoms with Crippen LogP contribution in [0.15, 0.2) is 64.4 Å². The van der Waals surface area contributed by atoms with Crippen LogP contribution in [0.1, 0.15) is 19.3 Å². The van der Waals surface area contributed by atoms with Crippen molar-refractivity contribution in [1.29, 1.82) is 0 Å². The minimum atomic E-state index is -3.78. The standard InChI is InChI=1S/C19H22N2O5S2/c1-27(23,24)16-12-10-15(11-13-16)20-19(22)18-9-5-6-14-21(18)28(25,26)17-7-3-2-4-8-17/h2-4,7-8,10-13,18H,5-6,9,14H2,1H3,(H,20,22). The molecule has 1 aliphatic heterocycles. The Hall–Kier alpha value is -2.23. The molecular weight excluding hydrogens is 400 g/mol. The summed E-state index contributed by atoms with van der Waals surface area (Å²) in [7, 11) is -7.11. The van der Waals surface area contributed by atoms with Crippen LogP contribution in [0.5, 0.6) is 0 Å². The molecule has 0 aromatic heterocycles. The third kappa shape index (κ3) is 4.43. The summed E-state index contributed by atoms with van der Waals surface area (Å²) in [6, 6.07) is 13.1. The van der Waals surface area contributed by atoms with Gasteiger partial charge in [-0.1, -0.05) is 24.6 Å². The zero-order valence-corrected chi connectivity index (χ0v) is 17.0. The van der Waals surface area contributed by atoms with E-state index in [2.05, 4.69) is 5.32 Å². The zero-order chi connectivity index (χ0) is 20.4. The average molecular weight is 423 g/mol. The molecule has 2 aromatic carbocycles. The second-order valence-electron chi connectivity index (χ2n) is 6.73. The van der Waals surface area contributed by atoms with Gasteiger partial charge in [0.15, 0.2) is 9.84 Å². The highest BCUT2D eigenvalue weighted by Crippen LogP contribution is 2.26. The molecule has 1 unspecified atom stereocenters. The Morgan fingerprint density at radius 3 is 2.18 bits per heavy atom. The molecular formula is C19H22N2O5S2. The summed E-state index contributed by atoms with van der Waals surface area (Å²) < 4.78 is 50.3. The highest BCUT2D eigenvalue weighted by atomic mass is 32.2. The van der Waals surface area contributed by atoms with E-state index < -0.39 is 31.8 Å². The zero-order valence-electron chi connectivity index (χ0n) is 15.4. The molecule has 9 heteroatoms. The van der Waals surface area contributed by atoms with Gasteiger partial charge in [-0.25, -0.2) is 16.8 Å². The van der Waals surface area contributed by atoms with Crippen molar-refractivity contribution in [2.24, 2.45) is 0 Å². The van der Waals surface area contributed by atoms with Gasteiger partial charge in [-0.2, -0.15) is 4.31 Å². The van der Waals surface area contributed by atoms with E-state index in [-0.39, 0.29) is 16.3 Å². The molecule has 1 atom stereocenters. The molecule has 1 heterocycles. The molecule has 7 nitrogen and oxygen atoms in total. The Morgan fingerprint density at radius 1 is 0.929 bits per heavy atom. The largest absolute Gasteiger partial charge is 0.325 e. The molecule has 0 saturated carbocycles. The summed E-state index contributed by atoms with van der Waals surface area (Å²) in [6.45, 7) is 0.280. The summed E-state index contributed by atoms with van der Waals surface area (Å²) in [5, 5.41) is 2.70. The monoisotopic (exact) mass is 422 g/mol. The number of carbonyl (C=O) groups is 1. The van der Waals surface area contributed by atoms with E-state index in [0.717, 1.165) is 12.7 Å². The summed E-state index contributed by atoms with van der Waals surface area (Å²) in [4.78, 5) is 13.1. The van der Waals surface area contributed by atoms with Gasteiger partial charge in [0.25, 0.3) is 0 Å². The number of nitrogens with one attached hydrogen (secondary N) is 1. The molecule has 0 spiro atoms. The van der Waals surface area contributed by atoms with Crippen molar-refractivity contribution in [3.05, 3.63) is 54.6 Å². The van der Waals surface area contributed by atoms with E-state index in [1.165, 1.54) is 40.7 Å². The normalized spacial score (nSPS) is 18.5. The van der Waals surface area contributed by atoms with Crippen molar-refractivity contribution in [3.63, 3.8) is 0 Å². The Balaban J connectivity index is 1.81. The third-order valence-electron chi connectivity index (χ3n) is 4.66. The average Bonchev–Trinajstić information content (AvgIpc) is 2.68. The van der Waals surface area contributed by atoms with E-state index in [1.807, 2.05) is 0 Å². The van der Waals surface area contributed by atoms with Gasteiger partial charge in [-0.3, -0.25) is 4.79 Å². The lowest BCUT2D eigenvalue weighted by molar-refractivity contribution is -0.120. The molecule has 1 saturated heterocycles. The van der Waals surface area contributed by atoms with Crippen molar-refractivity contribution < 1.29 is 21.6 Å². The summed E-state index contributed by atoms with van der Waals surface area (Å²) in [6.07, 6.45) is 2.99. The van der Waals surface area contributed by atoms with Crippen LogP contribution in [0.3, 0.4) is 0 Å². The first-order valence-electron chi connectivity index (χ1n) is 8.87. The fraction of sp³-hybridized carbons (Fsp3) is 0.316. The number of anilines is 1. The van der Waals surface area contributed by atoms with Gasteiger partial charge in [-0.05, 0) is 49.2 Å². The number of sulfonamides is 1. The molecule has 150 valence electrons. The quantitative estimate of drug-likeness (QED) is 0.797. The molecule has 1 aliphatic rings. The lowest BCUT2D eigenvalue weighted by Crippen LogP contribution is -2.49. The number of amides is 1. The van der Waals surface area contributed by atoms with Gasteiger partial charge in [0.2, 0.25) is 15.9 Å². The van der Waals surface area contributed by atoms with Crippen molar-refractivity contribution >= 4 is 31.5 Å². The number of nitrogens with zero attached hydrogens (tertiary/aromatic N) is 1. The van der Waals surface area contributed by atoms with Crippen LogP contribution < -0.4 is 5.32 Å². The van der Waals surface area contributed by atoms with E-state index in [1.54, 1.807) is 18.2 Å². The highest BCUT2D eigenvalue weighted by Gasteiger charge is 2.37. The second kappa shape index (κ2) is 8.02. The molecule has 2 aromatic rings. The fourth-order valence-corrected chi connectivity index (χ4v) is 5.50. The maximum Gasteiger partial charge on any atom is 0.243 e. The Morgan fingerprint density at radius 2 is 1.57 bits per heavy atom. The molecule has 0 bridgehead atoms. The van der Waals surface area contributed by atoms with E-state index in [4.69, 9.17) is 0 Å². The smallest absolute Gasteiger partial charge is 0.243 e. The van der Waals surface area contributed by atoms with Crippen LogP contribution in [0.25, 0.3) is 0 Å². The predicted molar refractivity (Wildman–Crippen MR) is 106 cm³/mol. The third-order valence-corrected chi connectivity index (χ3v) is 7.71. The molecule has 0 radical (unpaired) electrons. The number of hydrogen-bond acceptors (Lipinski definition) is 5. The minimum absolute atomic E-state index is 0.149. The second-order valence-corrected chi connectivity index (χ2v) is 10.6. The van der Waals surface area contributed by atoms with Crippen LogP contribution in [-0.4, -0.2) is 45.9 Å². The number of rotatable bonds is 5. The van der Waals surface area contributed by atoms with Crippen LogP contribution in [0, 0.1) is 0 Å². The van der Waals surface area contributed by atoms with E-state index in [9.17, 15) is 21.6 Å². The van der Waals surface area contributed by atoms with Gasteiger partial charge < -0.3 is 5.32 Å². The SMILES string of the molecule is CS(=O)(=O)c1ccc(NC(=O)C2CCCCN2S(=O)(=O)c2ccccc2)cc1. The first kappa shape index (κ1) is 20.5. The topological polar surface area (TPSA) is 101 Å². The Labute approximate surface area is 165 Å². The first-order valence-corrected chi connectivity index (χ1v) is 12.2. The maximum absolute atomic E-state index is 13.0. The summed E-state index contributed by atoms with van der Waals surface area (Å²) >= 11 is 0. The molecule has 1 N–H and O–H groups in total. The maximum atomic E-state index is 13.0. The summed E-state index contributed by atoms with van der Waals surface area (Å²) in [5.74, 6) is -0.425. The van der Waals surface area contributed by atoms with Crippen molar-refractivity contribution in [2.45, 2.75) is 35.1 Å².